The fraction of sp³-hybridized carbons (Fsp3) is 0.857. The highest BCUT2D eigenvalue weighted by Gasteiger charge is 2.45. The fourth-order valence-electron chi connectivity index (χ4n) is 1.64. The van der Waals surface area contributed by atoms with Gasteiger partial charge in [0.05, 0.1) is 11.4 Å². The fourth-order valence-corrected chi connectivity index (χ4v) is 2.61. The monoisotopic (exact) mass is 205 g/mol. The first-order valence-corrected chi connectivity index (χ1v) is 4.97. The summed E-state index contributed by atoms with van der Waals surface area (Å²) < 4.78 is 10.5. The van der Waals surface area contributed by atoms with Crippen LogP contribution in [0.15, 0.2) is 0 Å². The highest BCUT2D eigenvalue weighted by atomic mass is 32.2. The molecule has 0 aromatic heterocycles. The quantitative estimate of drug-likeness (QED) is 0.500. The second kappa shape index (κ2) is 3.45. The molecule has 0 saturated carbocycles. The molecule has 0 unspecified atom stereocenters. The molecular weight excluding hydrogens is 194 g/mol. The molecule has 2 heterocycles. The number of carbonyl (C=O) groups excluding carboxylic acids is 1. The second-order valence-electron chi connectivity index (χ2n) is 3.13. The largest absolute Gasteiger partial charge is 0.453 e. The van der Waals surface area contributed by atoms with E-state index in [1.807, 2.05) is 6.92 Å². The molecule has 0 spiro atoms. The summed E-state index contributed by atoms with van der Waals surface area (Å²) in [5.74, 6) is 5.01. The van der Waals surface area contributed by atoms with Gasteiger partial charge >= 0.3 is 5.30 Å². The van der Waals surface area contributed by atoms with Crippen LogP contribution in [-0.4, -0.2) is 29.0 Å². The van der Waals surface area contributed by atoms with Gasteiger partial charge in [-0.2, -0.15) is 0 Å². The van der Waals surface area contributed by atoms with E-state index < -0.39 is 6.29 Å². The van der Waals surface area contributed by atoms with E-state index in [1.54, 1.807) is 0 Å². The van der Waals surface area contributed by atoms with E-state index in [9.17, 15) is 4.79 Å². The first-order valence-electron chi connectivity index (χ1n) is 4.09. The highest BCUT2D eigenvalue weighted by Crippen LogP contribution is 2.38. The van der Waals surface area contributed by atoms with Gasteiger partial charge < -0.3 is 9.47 Å². The van der Waals surface area contributed by atoms with Gasteiger partial charge in [0.1, 0.15) is 6.10 Å². The molecule has 0 radical (unpaired) electrons. The summed E-state index contributed by atoms with van der Waals surface area (Å²) in [7, 11) is 0. The van der Waals surface area contributed by atoms with Crippen LogP contribution < -0.4 is 5.90 Å². The van der Waals surface area contributed by atoms with Crippen molar-refractivity contribution in [2.45, 2.75) is 37.1 Å². The number of hydrogen-bond donors (Lipinski definition) is 1. The van der Waals surface area contributed by atoms with Crippen LogP contribution in [0, 0.1) is 0 Å². The summed E-state index contributed by atoms with van der Waals surface area (Å²) in [6.07, 6.45) is -0.120. The zero-order valence-corrected chi connectivity index (χ0v) is 7.95. The van der Waals surface area contributed by atoms with Crippen molar-refractivity contribution in [2.75, 3.05) is 0 Å². The van der Waals surface area contributed by atoms with Crippen molar-refractivity contribution in [3.63, 3.8) is 0 Å². The smallest absolute Gasteiger partial charge is 0.368 e. The van der Waals surface area contributed by atoms with Crippen LogP contribution >= 0.6 is 11.8 Å². The van der Waals surface area contributed by atoms with Crippen molar-refractivity contribution in [1.82, 2.24) is 0 Å². The Bertz CT molecular complexity index is 225. The lowest BCUT2D eigenvalue weighted by Gasteiger charge is -2.32. The molecule has 2 aliphatic rings. The third-order valence-corrected chi connectivity index (χ3v) is 3.50. The minimum atomic E-state index is -0.456. The zero-order valence-electron chi connectivity index (χ0n) is 7.14. The van der Waals surface area contributed by atoms with E-state index in [-0.39, 0.29) is 22.8 Å². The number of ether oxygens (including phenoxy) is 2. The molecule has 5 nitrogen and oxygen atoms in total. The summed E-state index contributed by atoms with van der Waals surface area (Å²) in [5.41, 5.74) is 0. The van der Waals surface area contributed by atoms with Gasteiger partial charge in [-0.1, -0.05) is 0 Å². The Kier molecular flexibility index (Phi) is 2.46. The predicted octanol–water partition coefficient (Wildman–Crippen LogP) is 0.632. The van der Waals surface area contributed by atoms with Gasteiger partial charge in [-0.25, -0.2) is 10.7 Å². The van der Waals surface area contributed by atoms with E-state index in [1.165, 1.54) is 11.8 Å². The van der Waals surface area contributed by atoms with Gasteiger partial charge in [-0.15, -0.1) is 0 Å². The minimum absolute atomic E-state index is 0.0660. The van der Waals surface area contributed by atoms with Gasteiger partial charge in [0, 0.05) is 6.42 Å². The molecule has 4 atom stereocenters. The van der Waals surface area contributed by atoms with E-state index in [0.29, 0.717) is 6.42 Å². The normalized spacial score (nSPS) is 44.3. The first kappa shape index (κ1) is 9.26. The number of thioether (sulfide) groups is 1. The maximum absolute atomic E-state index is 11.0. The van der Waals surface area contributed by atoms with Crippen LogP contribution in [0.3, 0.4) is 0 Å². The maximum atomic E-state index is 11.0. The van der Waals surface area contributed by atoms with Crippen molar-refractivity contribution >= 4 is 17.1 Å². The summed E-state index contributed by atoms with van der Waals surface area (Å²) >= 11 is 1.19. The van der Waals surface area contributed by atoms with E-state index in [0.717, 1.165) is 0 Å². The van der Waals surface area contributed by atoms with Crippen LogP contribution in [0.25, 0.3) is 0 Å². The number of nitrogens with two attached hydrogens (primary N) is 1. The Hall–Kier alpha value is -0.300. The highest BCUT2D eigenvalue weighted by molar-refractivity contribution is 8.14. The maximum Gasteiger partial charge on any atom is 0.368 e. The molecule has 13 heavy (non-hydrogen) atoms. The number of rotatable bonds is 1. The first-order chi connectivity index (χ1) is 6.20. The molecule has 0 bridgehead atoms. The molecule has 2 fully saturated rings. The topological polar surface area (TPSA) is 70.8 Å². The van der Waals surface area contributed by atoms with Crippen molar-refractivity contribution in [3.8, 4) is 0 Å². The molecular formula is C7H11NO4S. The third-order valence-electron chi connectivity index (χ3n) is 2.25. The summed E-state index contributed by atoms with van der Waals surface area (Å²) in [6, 6.07) is 0. The molecule has 2 aliphatic heterocycles. The lowest BCUT2D eigenvalue weighted by atomic mass is 10.1. The molecule has 0 aliphatic carbocycles. The van der Waals surface area contributed by atoms with Gasteiger partial charge in [-0.3, -0.25) is 4.84 Å². The van der Waals surface area contributed by atoms with Gasteiger partial charge in [0.15, 0.2) is 6.29 Å². The Labute approximate surface area is 79.8 Å². The second-order valence-corrected chi connectivity index (χ2v) is 4.24. The van der Waals surface area contributed by atoms with Crippen molar-refractivity contribution < 1.29 is 19.1 Å². The van der Waals surface area contributed by atoms with Crippen LogP contribution in [0.4, 0.5) is 4.79 Å². The minimum Gasteiger partial charge on any atom is -0.453 e. The molecule has 74 valence electrons. The van der Waals surface area contributed by atoms with Crippen molar-refractivity contribution in [2.24, 2.45) is 5.90 Å². The third kappa shape index (κ3) is 1.67. The molecule has 2 N–H and O–H groups in total. The average Bonchev–Trinajstić information content (AvgIpc) is 2.46. The van der Waals surface area contributed by atoms with Gasteiger partial charge in [0.25, 0.3) is 0 Å². The average molecular weight is 205 g/mol. The molecule has 0 aromatic carbocycles. The van der Waals surface area contributed by atoms with Crippen molar-refractivity contribution in [3.05, 3.63) is 0 Å². The summed E-state index contributed by atoms with van der Waals surface area (Å²) in [6.45, 7) is 1.89. The molecule has 2 rings (SSSR count). The Balaban J connectivity index is 2.05. The number of carbonyl (C=O) groups is 1. The Morgan fingerprint density at radius 1 is 1.69 bits per heavy atom. The lowest BCUT2D eigenvalue weighted by molar-refractivity contribution is -0.207. The van der Waals surface area contributed by atoms with Gasteiger partial charge in [0.2, 0.25) is 0 Å². The van der Waals surface area contributed by atoms with Crippen molar-refractivity contribution in [1.29, 1.82) is 0 Å². The predicted molar refractivity (Wildman–Crippen MR) is 45.9 cm³/mol. The van der Waals surface area contributed by atoms with E-state index >= 15 is 0 Å². The summed E-state index contributed by atoms with van der Waals surface area (Å²) in [4.78, 5) is 15.5. The summed E-state index contributed by atoms with van der Waals surface area (Å²) in [5, 5.41) is -0.151. The van der Waals surface area contributed by atoms with Crippen LogP contribution in [0.5, 0.6) is 0 Å². The molecule has 2 saturated heterocycles. The van der Waals surface area contributed by atoms with Gasteiger partial charge in [-0.05, 0) is 18.7 Å². The van der Waals surface area contributed by atoms with E-state index in [2.05, 4.69) is 4.84 Å². The molecule has 0 amide bonds. The molecule has 6 heteroatoms. The van der Waals surface area contributed by atoms with Crippen LogP contribution in [-0.2, 0) is 14.3 Å². The SMILES string of the molecule is C[C@H]1O[C@@H](ON)C[C@@H]2OC(=O)S[C@@H]21. The number of hydrogen-bond acceptors (Lipinski definition) is 6. The Morgan fingerprint density at radius 2 is 2.46 bits per heavy atom. The van der Waals surface area contributed by atoms with E-state index in [4.69, 9.17) is 15.4 Å². The zero-order chi connectivity index (χ0) is 9.42. The van der Waals surface area contributed by atoms with Crippen LogP contribution in [0.1, 0.15) is 13.3 Å². The standard InChI is InChI=1S/C7H11NO4S/c1-3-6-4(11-7(9)13-6)2-5(10-3)12-8/h3-6H,2,8H2,1H3/t3-,4+,5+,6-/m1/s1. The number of fused-ring (bicyclic) bond motifs is 1. The lowest BCUT2D eigenvalue weighted by Crippen LogP contribution is -2.44. The Morgan fingerprint density at radius 3 is 3.15 bits per heavy atom. The molecule has 0 aromatic rings. The van der Waals surface area contributed by atoms with Crippen LogP contribution in [0.2, 0.25) is 0 Å².